The number of aliphatic hydroxyl groups excluding tert-OH is 1. The van der Waals surface area contributed by atoms with E-state index in [9.17, 15) is 15.0 Å². The van der Waals surface area contributed by atoms with E-state index in [0.29, 0.717) is 6.42 Å². The van der Waals surface area contributed by atoms with Crippen LogP contribution in [0.2, 0.25) is 0 Å². The normalized spacial score (nSPS) is 20.7. The molecule has 0 amide bonds. The summed E-state index contributed by atoms with van der Waals surface area (Å²) >= 11 is 0. The molecule has 138 valence electrons. The number of aryl methyl sites for hydroxylation is 1. The van der Waals surface area contributed by atoms with Gasteiger partial charge in [0.15, 0.2) is 0 Å². The van der Waals surface area contributed by atoms with Crippen molar-refractivity contribution in [1.82, 2.24) is 0 Å². The van der Waals surface area contributed by atoms with Crippen molar-refractivity contribution in [2.45, 2.75) is 37.8 Å². The Morgan fingerprint density at radius 3 is 2.73 bits per heavy atom. The Morgan fingerprint density at radius 2 is 2.00 bits per heavy atom. The van der Waals surface area contributed by atoms with E-state index in [4.69, 9.17) is 10.5 Å². The molecule has 0 aliphatic heterocycles. The fourth-order valence-electron chi connectivity index (χ4n) is 3.65. The minimum absolute atomic E-state index is 0.0923. The Bertz CT molecular complexity index is 747. The third kappa shape index (κ3) is 4.42. The molecule has 2 aromatic rings. The Kier molecular flexibility index (Phi) is 5.91. The highest BCUT2D eigenvalue weighted by Gasteiger charge is 2.27. The van der Waals surface area contributed by atoms with Crippen LogP contribution in [0.3, 0.4) is 0 Å². The lowest BCUT2D eigenvalue weighted by Crippen LogP contribution is -2.28. The van der Waals surface area contributed by atoms with Crippen LogP contribution in [-0.2, 0) is 6.42 Å². The largest absolute Gasteiger partial charge is 0.491 e. The number of ether oxygens (including phenoxy) is 1. The van der Waals surface area contributed by atoms with Gasteiger partial charge in [-0.05, 0) is 67.0 Å². The molecule has 2 aromatic carbocycles. The predicted octanol–water partition coefficient (Wildman–Crippen LogP) is 3.17. The van der Waals surface area contributed by atoms with Gasteiger partial charge >= 0.3 is 5.97 Å². The number of aromatic carboxylic acids is 1. The zero-order valence-corrected chi connectivity index (χ0v) is 14.7. The van der Waals surface area contributed by atoms with Gasteiger partial charge < -0.3 is 20.7 Å². The van der Waals surface area contributed by atoms with Crippen LogP contribution >= 0.6 is 0 Å². The lowest BCUT2D eigenvalue weighted by molar-refractivity contribution is 0.0696. The summed E-state index contributed by atoms with van der Waals surface area (Å²) in [5, 5.41) is 19.6. The van der Waals surface area contributed by atoms with Crippen LogP contribution in [0.5, 0.6) is 5.75 Å². The molecule has 0 spiro atoms. The molecule has 5 nitrogen and oxygen atoms in total. The van der Waals surface area contributed by atoms with E-state index < -0.39 is 12.1 Å². The number of carboxylic acid groups (broad SMARTS) is 1. The molecular formula is C21H25NO4. The van der Waals surface area contributed by atoms with Crippen LogP contribution in [0.1, 0.15) is 46.8 Å². The summed E-state index contributed by atoms with van der Waals surface area (Å²) in [6, 6.07) is 14.3. The van der Waals surface area contributed by atoms with Crippen molar-refractivity contribution in [2.24, 2.45) is 11.7 Å². The predicted molar refractivity (Wildman–Crippen MR) is 99.3 cm³/mol. The molecule has 3 atom stereocenters. The minimum Gasteiger partial charge on any atom is -0.491 e. The van der Waals surface area contributed by atoms with Crippen LogP contribution in [0.25, 0.3) is 0 Å². The highest BCUT2D eigenvalue weighted by molar-refractivity contribution is 5.88. The monoisotopic (exact) mass is 355 g/mol. The smallest absolute Gasteiger partial charge is 0.335 e. The van der Waals surface area contributed by atoms with Gasteiger partial charge in [0.1, 0.15) is 12.4 Å². The molecule has 0 saturated heterocycles. The molecule has 4 N–H and O–H groups in total. The standard InChI is InChI=1S/C21H25NO4/c22-20-15(11-17(23)13-26-18-7-2-1-3-8-18)6-4-5-14-9-10-16(21(24)25)12-19(14)20/h1-3,7-10,12,15,17,20,23H,4-6,11,13,22H2,(H,24,25)/t15?,17-,20?/m0/s1. The van der Waals surface area contributed by atoms with Crippen LogP contribution in [0, 0.1) is 5.92 Å². The van der Waals surface area contributed by atoms with Gasteiger partial charge in [-0.1, -0.05) is 24.3 Å². The summed E-state index contributed by atoms with van der Waals surface area (Å²) in [6.45, 7) is 0.218. The summed E-state index contributed by atoms with van der Waals surface area (Å²) in [4.78, 5) is 11.3. The van der Waals surface area contributed by atoms with Gasteiger partial charge in [-0.15, -0.1) is 0 Å². The highest BCUT2D eigenvalue weighted by Crippen LogP contribution is 2.35. The van der Waals surface area contributed by atoms with Gasteiger partial charge in [0.05, 0.1) is 11.7 Å². The first-order valence-electron chi connectivity index (χ1n) is 9.02. The van der Waals surface area contributed by atoms with Crippen LogP contribution in [0.4, 0.5) is 0 Å². The number of nitrogens with two attached hydrogens (primary N) is 1. The second-order valence-electron chi connectivity index (χ2n) is 6.91. The molecule has 1 aliphatic rings. The van der Waals surface area contributed by atoms with Gasteiger partial charge in [0.25, 0.3) is 0 Å². The maximum Gasteiger partial charge on any atom is 0.335 e. The number of hydrogen-bond acceptors (Lipinski definition) is 4. The van der Waals surface area contributed by atoms with E-state index in [1.54, 1.807) is 12.1 Å². The van der Waals surface area contributed by atoms with Gasteiger partial charge in [-0.3, -0.25) is 0 Å². The second-order valence-corrected chi connectivity index (χ2v) is 6.91. The fourth-order valence-corrected chi connectivity index (χ4v) is 3.65. The van der Waals surface area contributed by atoms with E-state index >= 15 is 0 Å². The molecular weight excluding hydrogens is 330 g/mol. The van der Waals surface area contributed by atoms with Crippen molar-refractivity contribution >= 4 is 5.97 Å². The number of aliphatic hydroxyl groups is 1. The van der Waals surface area contributed by atoms with E-state index in [1.165, 1.54) is 0 Å². The Balaban J connectivity index is 1.66. The fraction of sp³-hybridized carbons (Fsp3) is 0.381. The molecule has 1 aliphatic carbocycles. The maximum atomic E-state index is 11.3. The number of para-hydroxylation sites is 1. The summed E-state index contributed by atoms with van der Waals surface area (Å²) in [7, 11) is 0. The van der Waals surface area contributed by atoms with Crippen molar-refractivity contribution in [2.75, 3.05) is 6.61 Å². The van der Waals surface area contributed by atoms with E-state index in [1.807, 2.05) is 36.4 Å². The SMILES string of the molecule is NC1c2cc(C(=O)O)ccc2CCCC1C[C@H](O)COc1ccccc1. The quantitative estimate of drug-likeness (QED) is 0.692. The molecule has 0 radical (unpaired) electrons. The average molecular weight is 355 g/mol. The van der Waals surface area contributed by atoms with Gasteiger partial charge in [0.2, 0.25) is 0 Å². The summed E-state index contributed by atoms with van der Waals surface area (Å²) < 4.78 is 5.63. The molecule has 0 heterocycles. The molecule has 2 unspecified atom stereocenters. The van der Waals surface area contributed by atoms with E-state index in [0.717, 1.165) is 36.1 Å². The van der Waals surface area contributed by atoms with Crippen molar-refractivity contribution in [3.8, 4) is 5.75 Å². The first kappa shape index (κ1) is 18.4. The number of hydrogen-bond donors (Lipinski definition) is 3. The number of rotatable bonds is 6. The molecule has 0 bridgehead atoms. The number of fused-ring (bicyclic) bond motifs is 1. The molecule has 0 aromatic heterocycles. The minimum atomic E-state index is -0.947. The van der Waals surface area contributed by atoms with Crippen LogP contribution < -0.4 is 10.5 Å². The van der Waals surface area contributed by atoms with Crippen molar-refractivity contribution in [3.63, 3.8) is 0 Å². The van der Waals surface area contributed by atoms with Gasteiger partial charge in [-0.2, -0.15) is 0 Å². The van der Waals surface area contributed by atoms with E-state index in [-0.39, 0.29) is 24.1 Å². The van der Waals surface area contributed by atoms with Gasteiger partial charge in [0, 0.05) is 6.04 Å². The molecule has 0 fully saturated rings. The molecule has 5 heteroatoms. The first-order chi connectivity index (χ1) is 12.5. The number of carboxylic acids is 1. The zero-order chi connectivity index (χ0) is 18.5. The Labute approximate surface area is 153 Å². The second kappa shape index (κ2) is 8.34. The third-order valence-electron chi connectivity index (χ3n) is 5.04. The van der Waals surface area contributed by atoms with Crippen molar-refractivity contribution in [3.05, 3.63) is 65.2 Å². The summed E-state index contributed by atoms with van der Waals surface area (Å²) in [6.07, 6.45) is 2.68. The lowest BCUT2D eigenvalue weighted by Gasteiger charge is -2.25. The topological polar surface area (TPSA) is 92.8 Å². The molecule has 3 rings (SSSR count). The summed E-state index contributed by atoms with van der Waals surface area (Å²) in [5.41, 5.74) is 8.73. The molecule has 26 heavy (non-hydrogen) atoms. The van der Waals surface area contributed by atoms with Crippen LogP contribution in [0.15, 0.2) is 48.5 Å². The zero-order valence-electron chi connectivity index (χ0n) is 14.7. The first-order valence-corrected chi connectivity index (χ1v) is 9.02. The maximum absolute atomic E-state index is 11.3. The van der Waals surface area contributed by atoms with Crippen molar-refractivity contribution < 1.29 is 19.7 Å². The highest BCUT2D eigenvalue weighted by atomic mass is 16.5. The third-order valence-corrected chi connectivity index (χ3v) is 5.04. The van der Waals surface area contributed by atoms with Crippen molar-refractivity contribution in [1.29, 1.82) is 0 Å². The number of benzene rings is 2. The molecule has 0 saturated carbocycles. The number of carbonyl (C=O) groups is 1. The van der Waals surface area contributed by atoms with E-state index in [2.05, 4.69) is 0 Å². The van der Waals surface area contributed by atoms with Gasteiger partial charge in [-0.25, -0.2) is 4.79 Å². The Morgan fingerprint density at radius 1 is 1.23 bits per heavy atom. The lowest BCUT2D eigenvalue weighted by atomic mass is 9.86. The Hall–Kier alpha value is -2.37. The average Bonchev–Trinajstić information content (AvgIpc) is 2.80. The summed E-state index contributed by atoms with van der Waals surface area (Å²) in [5.74, 6) is -0.125. The van der Waals surface area contributed by atoms with Crippen LogP contribution in [-0.4, -0.2) is 28.9 Å².